The lowest BCUT2D eigenvalue weighted by atomic mass is 10.1. The summed E-state index contributed by atoms with van der Waals surface area (Å²) in [7, 11) is 0. The van der Waals surface area contributed by atoms with Crippen molar-refractivity contribution >= 4 is 27.5 Å². The molecular weight excluding hydrogens is 506 g/mol. The molecule has 2 aliphatic rings. The number of nitrogens with one attached hydrogen (secondary N) is 2. The Bertz CT molecular complexity index is 889. The van der Waals surface area contributed by atoms with Crippen LogP contribution in [0.25, 0.3) is 0 Å². The van der Waals surface area contributed by atoms with Crippen molar-refractivity contribution in [1.29, 1.82) is 0 Å². The second-order valence-corrected chi connectivity index (χ2v) is 9.92. The summed E-state index contributed by atoms with van der Waals surface area (Å²) in [5, 5.41) is 7.73. The highest BCUT2D eigenvalue weighted by molar-refractivity contribution is 9.10. The van der Waals surface area contributed by atoms with Crippen molar-refractivity contribution in [1.82, 2.24) is 15.5 Å². The maximum atomic E-state index is 6.15. The van der Waals surface area contributed by atoms with Crippen molar-refractivity contribution in [2.75, 3.05) is 59.1 Å². The highest BCUT2D eigenvalue weighted by Crippen LogP contribution is 2.27. The van der Waals surface area contributed by atoms with Crippen LogP contribution in [-0.2, 0) is 17.9 Å². The first kappa shape index (κ1) is 24.8. The van der Waals surface area contributed by atoms with E-state index in [2.05, 4.69) is 43.6 Å². The van der Waals surface area contributed by atoms with Gasteiger partial charge in [0.05, 0.1) is 13.2 Å². The molecule has 0 aromatic heterocycles. The van der Waals surface area contributed by atoms with Crippen molar-refractivity contribution in [2.45, 2.75) is 19.6 Å². The third-order valence-electron chi connectivity index (χ3n) is 6.05. The van der Waals surface area contributed by atoms with Crippen LogP contribution in [0, 0.1) is 5.92 Å². The van der Waals surface area contributed by atoms with Crippen LogP contribution in [0.2, 0.25) is 5.02 Å². The lowest BCUT2D eigenvalue weighted by Crippen LogP contribution is -2.38. The van der Waals surface area contributed by atoms with Gasteiger partial charge in [0.25, 0.3) is 0 Å². The van der Waals surface area contributed by atoms with Gasteiger partial charge in [-0.2, -0.15) is 0 Å². The van der Waals surface area contributed by atoms with Crippen LogP contribution in [-0.4, -0.2) is 64.0 Å². The smallest absolute Gasteiger partial charge is 0.123 e. The Morgan fingerprint density at radius 3 is 2.70 bits per heavy atom. The summed E-state index contributed by atoms with van der Waals surface area (Å²) < 4.78 is 18.7. The maximum Gasteiger partial charge on any atom is 0.123 e. The van der Waals surface area contributed by atoms with E-state index >= 15 is 0 Å². The lowest BCUT2D eigenvalue weighted by Gasteiger charge is -2.26. The minimum absolute atomic E-state index is 0.454. The van der Waals surface area contributed by atoms with E-state index in [1.165, 1.54) is 6.42 Å². The predicted octanol–water partition coefficient (Wildman–Crippen LogP) is 4.09. The molecule has 2 N–H and O–H groups in total. The van der Waals surface area contributed by atoms with Gasteiger partial charge in [-0.3, -0.25) is 4.90 Å². The molecule has 2 saturated heterocycles. The van der Waals surface area contributed by atoms with Gasteiger partial charge < -0.3 is 24.8 Å². The topological polar surface area (TPSA) is 55.0 Å². The van der Waals surface area contributed by atoms with Crippen LogP contribution in [0.15, 0.2) is 40.9 Å². The summed E-state index contributed by atoms with van der Waals surface area (Å²) in [6.07, 6.45) is 1.24. The van der Waals surface area contributed by atoms with E-state index in [9.17, 15) is 0 Å². The van der Waals surface area contributed by atoms with E-state index in [0.717, 1.165) is 86.1 Å². The zero-order valence-corrected chi connectivity index (χ0v) is 21.3. The van der Waals surface area contributed by atoms with Gasteiger partial charge in [-0.25, -0.2) is 0 Å². The highest BCUT2D eigenvalue weighted by atomic mass is 79.9. The zero-order valence-electron chi connectivity index (χ0n) is 19.0. The van der Waals surface area contributed by atoms with Crippen LogP contribution < -0.4 is 20.1 Å². The second kappa shape index (κ2) is 12.9. The molecule has 1 unspecified atom stereocenters. The first-order valence-corrected chi connectivity index (χ1v) is 12.9. The Balaban J connectivity index is 1.37. The predicted molar refractivity (Wildman–Crippen MR) is 135 cm³/mol. The number of morpholine rings is 1. The van der Waals surface area contributed by atoms with Gasteiger partial charge >= 0.3 is 0 Å². The SMILES string of the molecule is Clc1ccc(COc2cc(CNCC3CCNC3)cc(OCCN3CCOCC3)c2)c(Br)c1. The van der Waals surface area contributed by atoms with Crippen LogP contribution in [0.5, 0.6) is 11.5 Å². The quantitative estimate of drug-likeness (QED) is 0.449. The van der Waals surface area contributed by atoms with Gasteiger partial charge in [0, 0.05) is 47.3 Å². The monoisotopic (exact) mass is 537 g/mol. The van der Waals surface area contributed by atoms with Gasteiger partial charge in [-0.15, -0.1) is 0 Å². The minimum Gasteiger partial charge on any atom is -0.492 e. The van der Waals surface area contributed by atoms with Gasteiger partial charge in [-0.05, 0) is 61.8 Å². The van der Waals surface area contributed by atoms with E-state index in [-0.39, 0.29) is 0 Å². The number of hydrogen-bond donors (Lipinski definition) is 2. The van der Waals surface area contributed by atoms with Gasteiger partial charge in [0.15, 0.2) is 0 Å². The van der Waals surface area contributed by atoms with E-state index in [4.69, 9.17) is 25.8 Å². The fourth-order valence-electron chi connectivity index (χ4n) is 4.13. The fraction of sp³-hybridized carbons (Fsp3) is 0.520. The summed E-state index contributed by atoms with van der Waals surface area (Å²) >= 11 is 9.64. The molecule has 0 radical (unpaired) electrons. The molecule has 0 aliphatic carbocycles. The third kappa shape index (κ3) is 8.12. The number of ether oxygens (including phenoxy) is 3. The normalized spacial score (nSPS) is 19.0. The zero-order chi connectivity index (χ0) is 22.9. The Morgan fingerprint density at radius 2 is 1.94 bits per heavy atom. The number of halogens is 2. The average Bonchev–Trinajstić information content (AvgIpc) is 3.33. The molecule has 2 aliphatic heterocycles. The van der Waals surface area contributed by atoms with Crippen molar-refractivity contribution in [3.8, 4) is 11.5 Å². The summed E-state index contributed by atoms with van der Waals surface area (Å²) in [5.41, 5.74) is 2.21. The molecule has 6 nitrogen and oxygen atoms in total. The van der Waals surface area contributed by atoms with Crippen LogP contribution in [0.1, 0.15) is 17.5 Å². The average molecular weight is 539 g/mol. The van der Waals surface area contributed by atoms with Crippen molar-refractivity contribution in [2.24, 2.45) is 5.92 Å². The van der Waals surface area contributed by atoms with Gasteiger partial charge in [0.2, 0.25) is 0 Å². The number of nitrogens with zero attached hydrogens (tertiary/aromatic N) is 1. The minimum atomic E-state index is 0.454. The highest BCUT2D eigenvalue weighted by Gasteiger charge is 2.14. The second-order valence-electron chi connectivity index (χ2n) is 8.63. The molecule has 33 heavy (non-hydrogen) atoms. The van der Waals surface area contributed by atoms with Gasteiger partial charge in [0.1, 0.15) is 24.7 Å². The first-order chi connectivity index (χ1) is 16.2. The lowest BCUT2D eigenvalue weighted by molar-refractivity contribution is 0.0322. The summed E-state index contributed by atoms with van der Waals surface area (Å²) in [4.78, 5) is 2.38. The summed E-state index contributed by atoms with van der Waals surface area (Å²) in [6.45, 7) is 9.56. The van der Waals surface area contributed by atoms with E-state index in [1.54, 1.807) is 0 Å². The van der Waals surface area contributed by atoms with E-state index < -0.39 is 0 Å². The number of hydrogen-bond acceptors (Lipinski definition) is 6. The van der Waals surface area contributed by atoms with Gasteiger partial charge in [-0.1, -0.05) is 33.6 Å². The Labute approximate surface area is 210 Å². The molecule has 4 rings (SSSR count). The molecule has 1 atom stereocenters. The van der Waals surface area contributed by atoms with E-state index in [0.29, 0.717) is 24.2 Å². The standard InChI is InChI=1S/C25H33BrClN3O3/c26-25-13-22(27)2-1-21(25)18-33-24-12-20(17-29-16-19-3-4-28-15-19)11-23(14-24)32-10-7-30-5-8-31-9-6-30/h1-2,11-14,19,28-29H,3-10,15-18H2. The van der Waals surface area contributed by atoms with Crippen LogP contribution in [0.3, 0.4) is 0 Å². The van der Waals surface area contributed by atoms with E-state index in [1.807, 2.05) is 24.3 Å². The number of rotatable bonds is 11. The van der Waals surface area contributed by atoms with Crippen LogP contribution in [0.4, 0.5) is 0 Å². The maximum absolute atomic E-state index is 6.15. The third-order valence-corrected chi connectivity index (χ3v) is 7.03. The summed E-state index contributed by atoms with van der Waals surface area (Å²) in [6, 6.07) is 11.9. The molecule has 0 amide bonds. The molecule has 2 aromatic carbocycles. The van der Waals surface area contributed by atoms with Crippen molar-refractivity contribution in [3.63, 3.8) is 0 Å². The van der Waals surface area contributed by atoms with Crippen molar-refractivity contribution in [3.05, 3.63) is 57.0 Å². The van der Waals surface area contributed by atoms with Crippen molar-refractivity contribution < 1.29 is 14.2 Å². The fourth-order valence-corrected chi connectivity index (χ4v) is 4.92. The molecule has 0 bridgehead atoms. The molecule has 8 heteroatoms. The number of benzene rings is 2. The molecular formula is C25H33BrClN3O3. The molecule has 2 heterocycles. The molecule has 0 saturated carbocycles. The Hall–Kier alpha value is -1.35. The first-order valence-electron chi connectivity index (χ1n) is 11.7. The van der Waals surface area contributed by atoms with Crippen LogP contribution >= 0.6 is 27.5 Å². The molecule has 2 aromatic rings. The Morgan fingerprint density at radius 1 is 1.12 bits per heavy atom. The molecule has 0 spiro atoms. The molecule has 2 fully saturated rings. The molecule has 180 valence electrons. The largest absolute Gasteiger partial charge is 0.492 e. The Kier molecular flexibility index (Phi) is 9.70. The summed E-state index contributed by atoms with van der Waals surface area (Å²) in [5.74, 6) is 2.35.